The van der Waals surface area contributed by atoms with Gasteiger partial charge in [0.15, 0.2) is 5.96 Å². The van der Waals surface area contributed by atoms with Gasteiger partial charge in [-0.15, -0.1) is 24.0 Å². The molecule has 0 bridgehead atoms. The molecule has 158 valence electrons. The van der Waals surface area contributed by atoms with Gasteiger partial charge in [-0.05, 0) is 30.4 Å². The van der Waals surface area contributed by atoms with Crippen LogP contribution in [0.2, 0.25) is 0 Å². The molecule has 1 aromatic rings. The van der Waals surface area contributed by atoms with E-state index in [9.17, 15) is 4.79 Å². The van der Waals surface area contributed by atoms with E-state index in [4.69, 9.17) is 9.47 Å². The van der Waals surface area contributed by atoms with Gasteiger partial charge in [0.25, 0.3) is 0 Å². The zero-order valence-electron chi connectivity index (χ0n) is 17.2. The standard InChI is InChI=1S/C20H32N4O3.HI/c1-15(2)17-7-5-6-8-18(17)27-14-11-22-19(21-3)23-16-9-12-24(13-10-16)20(25)26-4;/h5-8,15-16H,9-14H2,1-4H3,(H2,21,22,23);1H. The largest absolute Gasteiger partial charge is 0.491 e. The predicted octanol–water partition coefficient (Wildman–Crippen LogP) is 3.20. The summed E-state index contributed by atoms with van der Waals surface area (Å²) < 4.78 is 10.7. The number of hydrogen-bond donors (Lipinski definition) is 2. The summed E-state index contributed by atoms with van der Waals surface area (Å²) in [6.07, 6.45) is 1.48. The third kappa shape index (κ3) is 7.37. The molecule has 7 nitrogen and oxygen atoms in total. The molecule has 2 rings (SSSR count). The molecule has 8 heteroatoms. The van der Waals surface area contributed by atoms with Crippen LogP contribution in [-0.2, 0) is 4.74 Å². The number of amides is 1. The van der Waals surface area contributed by atoms with Crippen molar-refractivity contribution in [3.05, 3.63) is 29.8 Å². The number of aliphatic imine (C=N–C) groups is 1. The lowest BCUT2D eigenvalue weighted by Crippen LogP contribution is -2.50. The fourth-order valence-corrected chi connectivity index (χ4v) is 3.14. The number of methoxy groups -OCH3 is 1. The molecule has 1 saturated heterocycles. The van der Waals surface area contributed by atoms with Crippen molar-refractivity contribution in [1.82, 2.24) is 15.5 Å². The molecule has 0 aromatic heterocycles. The van der Waals surface area contributed by atoms with Crippen LogP contribution in [0.4, 0.5) is 4.79 Å². The SMILES string of the molecule is CN=C(NCCOc1ccccc1C(C)C)NC1CCN(C(=O)OC)CC1.I. The average Bonchev–Trinajstić information content (AvgIpc) is 2.70. The summed E-state index contributed by atoms with van der Waals surface area (Å²) in [5.74, 6) is 2.12. The van der Waals surface area contributed by atoms with Crippen molar-refractivity contribution in [1.29, 1.82) is 0 Å². The Labute approximate surface area is 185 Å². The number of benzene rings is 1. The van der Waals surface area contributed by atoms with Gasteiger partial charge in [0.1, 0.15) is 12.4 Å². The summed E-state index contributed by atoms with van der Waals surface area (Å²) in [6, 6.07) is 8.44. The quantitative estimate of drug-likeness (QED) is 0.270. The second kappa shape index (κ2) is 12.7. The zero-order valence-corrected chi connectivity index (χ0v) is 19.6. The van der Waals surface area contributed by atoms with Crippen molar-refractivity contribution in [3.63, 3.8) is 0 Å². The van der Waals surface area contributed by atoms with Crippen molar-refractivity contribution in [2.45, 2.75) is 38.6 Å². The fourth-order valence-electron chi connectivity index (χ4n) is 3.14. The number of nitrogens with one attached hydrogen (secondary N) is 2. The van der Waals surface area contributed by atoms with Gasteiger partial charge < -0.3 is 25.0 Å². The maximum absolute atomic E-state index is 11.5. The molecule has 1 heterocycles. The third-order valence-corrected chi connectivity index (χ3v) is 4.69. The van der Waals surface area contributed by atoms with Crippen molar-refractivity contribution in [3.8, 4) is 5.75 Å². The fraction of sp³-hybridized carbons (Fsp3) is 0.600. The van der Waals surface area contributed by atoms with Crippen LogP contribution in [0.25, 0.3) is 0 Å². The first kappa shape index (κ1) is 24.3. The first-order chi connectivity index (χ1) is 13.0. The normalized spacial score (nSPS) is 15.0. The Kier molecular flexibility index (Phi) is 11.0. The maximum atomic E-state index is 11.5. The summed E-state index contributed by atoms with van der Waals surface area (Å²) in [5.41, 5.74) is 1.22. The van der Waals surface area contributed by atoms with Gasteiger partial charge in [-0.3, -0.25) is 4.99 Å². The summed E-state index contributed by atoms with van der Waals surface area (Å²) in [4.78, 5) is 17.5. The van der Waals surface area contributed by atoms with Crippen molar-refractivity contribution in [2.24, 2.45) is 4.99 Å². The molecular weight excluding hydrogens is 471 g/mol. The van der Waals surface area contributed by atoms with Crippen LogP contribution in [-0.4, -0.2) is 63.4 Å². The Hall–Kier alpha value is -1.71. The molecular formula is C20H33IN4O3. The zero-order chi connectivity index (χ0) is 19.6. The van der Waals surface area contributed by atoms with Crippen molar-refractivity contribution >= 4 is 36.0 Å². The van der Waals surface area contributed by atoms with E-state index < -0.39 is 0 Å². The number of hydrogen-bond acceptors (Lipinski definition) is 4. The van der Waals surface area contributed by atoms with Crippen LogP contribution in [0.3, 0.4) is 0 Å². The average molecular weight is 504 g/mol. The number of ether oxygens (including phenoxy) is 2. The van der Waals surface area contributed by atoms with Crippen LogP contribution in [0.1, 0.15) is 38.2 Å². The van der Waals surface area contributed by atoms with E-state index in [2.05, 4.69) is 35.5 Å². The second-order valence-electron chi connectivity index (χ2n) is 6.92. The number of carbonyl (C=O) groups excluding carboxylic acids is 1. The first-order valence-corrected chi connectivity index (χ1v) is 9.57. The minimum atomic E-state index is -0.255. The lowest BCUT2D eigenvalue weighted by atomic mass is 10.0. The Bertz CT molecular complexity index is 632. The number of para-hydroxylation sites is 1. The molecule has 0 aliphatic carbocycles. The molecule has 0 radical (unpaired) electrons. The lowest BCUT2D eigenvalue weighted by Gasteiger charge is -2.32. The van der Waals surface area contributed by atoms with E-state index in [1.807, 2.05) is 18.2 Å². The van der Waals surface area contributed by atoms with Gasteiger partial charge in [0.2, 0.25) is 0 Å². The molecule has 1 aromatic carbocycles. The minimum Gasteiger partial charge on any atom is -0.491 e. The van der Waals surface area contributed by atoms with Gasteiger partial charge in [-0.25, -0.2) is 4.79 Å². The molecule has 1 amide bonds. The summed E-state index contributed by atoms with van der Waals surface area (Å²) in [5, 5.41) is 6.71. The minimum absolute atomic E-state index is 0. The highest BCUT2D eigenvalue weighted by molar-refractivity contribution is 14.0. The number of likely N-dealkylation sites (tertiary alicyclic amines) is 1. The Morgan fingerprint density at radius 3 is 2.57 bits per heavy atom. The maximum Gasteiger partial charge on any atom is 0.409 e. The predicted molar refractivity (Wildman–Crippen MR) is 123 cm³/mol. The van der Waals surface area contributed by atoms with Crippen LogP contribution >= 0.6 is 24.0 Å². The first-order valence-electron chi connectivity index (χ1n) is 9.57. The molecule has 0 atom stereocenters. The van der Waals surface area contributed by atoms with Gasteiger partial charge in [-0.1, -0.05) is 32.0 Å². The number of nitrogens with zero attached hydrogens (tertiary/aromatic N) is 2. The van der Waals surface area contributed by atoms with Crippen LogP contribution in [0.15, 0.2) is 29.3 Å². The van der Waals surface area contributed by atoms with Crippen molar-refractivity contribution in [2.75, 3.05) is 40.4 Å². The molecule has 28 heavy (non-hydrogen) atoms. The lowest BCUT2D eigenvalue weighted by molar-refractivity contribution is 0.111. The molecule has 0 spiro atoms. The van der Waals surface area contributed by atoms with Gasteiger partial charge >= 0.3 is 6.09 Å². The van der Waals surface area contributed by atoms with Gasteiger partial charge in [0.05, 0.1) is 13.7 Å². The molecule has 1 aliphatic rings. The summed E-state index contributed by atoms with van der Waals surface area (Å²) in [7, 11) is 3.17. The highest BCUT2D eigenvalue weighted by Crippen LogP contribution is 2.25. The molecule has 1 fully saturated rings. The van der Waals surface area contributed by atoms with Crippen molar-refractivity contribution < 1.29 is 14.3 Å². The van der Waals surface area contributed by atoms with Gasteiger partial charge in [-0.2, -0.15) is 0 Å². The highest BCUT2D eigenvalue weighted by atomic mass is 127. The second-order valence-corrected chi connectivity index (χ2v) is 6.92. The summed E-state index contributed by atoms with van der Waals surface area (Å²) >= 11 is 0. The van der Waals surface area contributed by atoms with Gasteiger partial charge in [0, 0.05) is 26.2 Å². The van der Waals surface area contributed by atoms with Crippen LogP contribution in [0.5, 0.6) is 5.75 Å². The van der Waals surface area contributed by atoms with E-state index >= 15 is 0 Å². The van der Waals surface area contributed by atoms with E-state index in [0.29, 0.717) is 38.2 Å². The van der Waals surface area contributed by atoms with E-state index in [1.165, 1.54) is 12.7 Å². The van der Waals surface area contributed by atoms with E-state index in [1.54, 1.807) is 11.9 Å². The smallest absolute Gasteiger partial charge is 0.409 e. The topological polar surface area (TPSA) is 75.2 Å². The van der Waals surface area contributed by atoms with E-state index in [-0.39, 0.29) is 30.1 Å². The molecule has 1 aliphatic heterocycles. The third-order valence-electron chi connectivity index (χ3n) is 4.69. The van der Waals surface area contributed by atoms with Crippen LogP contribution < -0.4 is 15.4 Å². The number of rotatable bonds is 6. The number of guanidine groups is 1. The number of halogens is 1. The Morgan fingerprint density at radius 1 is 1.29 bits per heavy atom. The number of piperidine rings is 1. The monoisotopic (exact) mass is 504 g/mol. The van der Waals surface area contributed by atoms with E-state index in [0.717, 1.165) is 24.6 Å². The molecule has 2 N–H and O–H groups in total. The Balaban J connectivity index is 0.00000392. The van der Waals surface area contributed by atoms with Crippen LogP contribution in [0, 0.1) is 0 Å². The summed E-state index contributed by atoms with van der Waals surface area (Å²) in [6.45, 7) is 6.93. The molecule has 0 unspecified atom stereocenters. The molecule has 0 saturated carbocycles. The number of carbonyl (C=O) groups is 1. The Morgan fingerprint density at radius 2 is 1.96 bits per heavy atom. The highest BCUT2D eigenvalue weighted by Gasteiger charge is 2.23.